The Morgan fingerprint density at radius 3 is 2.68 bits per heavy atom. The minimum absolute atomic E-state index is 0.375. The van der Waals surface area contributed by atoms with Gasteiger partial charge in [-0.05, 0) is 49.8 Å². The second-order valence-electron chi connectivity index (χ2n) is 6.42. The molecule has 0 radical (unpaired) electrons. The van der Waals surface area contributed by atoms with Crippen molar-refractivity contribution in [2.45, 2.75) is 38.7 Å². The van der Waals surface area contributed by atoms with Gasteiger partial charge in [-0.15, -0.1) is 0 Å². The number of ketones is 2. The normalized spacial score (nSPS) is 23.0. The zero-order chi connectivity index (χ0) is 15.6. The van der Waals surface area contributed by atoms with E-state index in [9.17, 15) is 14.7 Å². The topological polar surface area (TPSA) is 67.5 Å². The summed E-state index contributed by atoms with van der Waals surface area (Å²) in [6, 6.07) is 3.65. The first-order valence-electron chi connectivity index (χ1n) is 7.48. The number of rotatable bonds is 0. The molecule has 22 heavy (non-hydrogen) atoms. The number of aryl methyl sites for hydroxylation is 1. The Morgan fingerprint density at radius 1 is 1.18 bits per heavy atom. The summed E-state index contributed by atoms with van der Waals surface area (Å²) in [5.41, 5.74) is 2.75. The van der Waals surface area contributed by atoms with E-state index >= 15 is 0 Å². The van der Waals surface area contributed by atoms with Crippen LogP contribution in [0.2, 0.25) is 0 Å². The summed E-state index contributed by atoms with van der Waals surface area (Å²) in [6.07, 6.45) is 3.66. The van der Waals surface area contributed by atoms with E-state index in [1.165, 1.54) is 6.26 Å². The molecule has 0 bridgehead atoms. The van der Waals surface area contributed by atoms with Crippen molar-refractivity contribution in [2.75, 3.05) is 0 Å². The Hall–Kier alpha value is -2.20. The zero-order valence-corrected chi connectivity index (χ0v) is 12.5. The quantitative estimate of drug-likeness (QED) is 0.758. The van der Waals surface area contributed by atoms with Crippen LogP contribution in [0.25, 0.3) is 11.3 Å². The van der Waals surface area contributed by atoms with Crippen LogP contribution in [0.1, 0.15) is 57.2 Å². The number of carbonyl (C=O) groups is 2. The standard InChI is InChI=1S/C18H16O4/c1-9-8-22-17-11-5-6-12-10(4-3-7-18(12,2)21)14(11)16(20)15(19)13(9)17/h5-6,8,21H,3-4,7H2,1-2H3/t18-/m0/s1. The summed E-state index contributed by atoms with van der Waals surface area (Å²) in [4.78, 5) is 25.1. The monoisotopic (exact) mass is 296 g/mol. The van der Waals surface area contributed by atoms with Crippen LogP contribution in [0.5, 0.6) is 0 Å². The van der Waals surface area contributed by atoms with E-state index in [1.54, 1.807) is 19.9 Å². The highest BCUT2D eigenvalue weighted by molar-refractivity contribution is 6.53. The molecule has 0 spiro atoms. The lowest BCUT2D eigenvalue weighted by Gasteiger charge is -2.33. The Kier molecular flexibility index (Phi) is 2.55. The van der Waals surface area contributed by atoms with Crippen LogP contribution < -0.4 is 0 Å². The van der Waals surface area contributed by atoms with Crippen LogP contribution in [0.15, 0.2) is 22.8 Å². The van der Waals surface area contributed by atoms with Crippen molar-refractivity contribution in [1.29, 1.82) is 0 Å². The molecule has 1 aromatic carbocycles. The molecule has 0 saturated carbocycles. The maximum absolute atomic E-state index is 12.6. The van der Waals surface area contributed by atoms with Crippen molar-refractivity contribution in [1.82, 2.24) is 0 Å². The van der Waals surface area contributed by atoms with E-state index in [2.05, 4.69) is 0 Å². The molecule has 112 valence electrons. The third-order valence-corrected chi connectivity index (χ3v) is 4.86. The molecule has 2 aliphatic carbocycles. The molecule has 2 aliphatic rings. The third kappa shape index (κ3) is 1.56. The van der Waals surface area contributed by atoms with Crippen molar-refractivity contribution >= 4 is 11.6 Å². The first-order chi connectivity index (χ1) is 10.4. The van der Waals surface area contributed by atoms with Crippen molar-refractivity contribution in [2.24, 2.45) is 0 Å². The number of aliphatic hydroxyl groups is 1. The molecular formula is C18H16O4. The molecule has 1 aromatic heterocycles. The van der Waals surface area contributed by atoms with Gasteiger partial charge in [0, 0.05) is 11.1 Å². The third-order valence-electron chi connectivity index (χ3n) is 4.86. The molecule has 0 fully saturated rings. The Labute approximate surface area is 127 Å². The predicted molar refractivity (Wildman–Crippen MR) is 80.1 cm³/mol. The van der Waals surface area contributed by atoms with Gasteiger partial charge < -0.3 is 9.52 Å². The summed E-state index contributed by atoms with van der Waals surface area (Å²) in [6.45, 7) is 3.52. The van der Waals surface area contributed by atoms with Crippen molar-refractivity contribution < 1.29 is 19.1 Å². The Balaban J connectivity index is 2.07. The van der Waals surface area contributed by atoms with Crippen LogP contribution in [0.4, 0.5) is 0 Å². The molecule has 4 heteroatoms. The van der Waals surface area contributed by atoms with Crippen LogP contribution in [0, 0.1) is 6.92 Å². The smallest absolute Gasteiger partial charge is 0.237 e. The fraction of sp³-hybridized carbons (Fsp3) is 0.333. The summed E-state index contributed by atoms with van der Waals surface area (Å²) >= 11 is 0. The molecule has 2 aromatic rings. The molecular weight excluding hydrogens is 280 g/mol. The van der Waals surface area contributed by atoms with Gasteiger partial charge in [0.15, 0.2) is 0 Å². The van der Waals surface area contributed by atoms with Gasteiger partial charge in [-0.1, -0.05) is 12.1 Å². The van der Waals surface area contributed by atoms with Gasteiger partial charge in [-0.2, -0.15) is 0 Å². The van der Waals surface area contributed by atoms with Gasteiger partial charge in [0.25, 0.3) is 0 Å². The van der Waals surface area contributed by atoms with Crippen molar-refractivity contribution in [3.05, 3.63) is 46.2 Å². The van der Waals surface area contributed by atoms with E-state index in [0.29, 0.717) is 40.9 Å². The minimum Gasteiger partial charge on any atom is -0.463 e. The van der Waals surface area contributed by atoms with Gasteiger partial charge in [0.1, 0.15) is 5.76 Å². The summed E-state index contributed by atoms with van der Waals surface area (Å²) in [5.74, 6) is -0.515. The fourth-order valence-electron chi connectivity index (χ4n) is 3.76. The molecule has 0 aliphatic heterocycles. The van der Waals surface area contributed by atoms with E-state index in [4.69, 9.17) is 4.42 Å². The van der Waals surface area contributed by atoms with Crippen molar-refractivity contribution in [3.8, 4) is 11.3 Å². The first-order valence-corrected chi connectivity index (χ1v) is 7.48. The summed E-state index contributed by atoms with van der Waals surface area (Å²) < 4.78 is 5.54. The lowest BCUT2D eigenvalue weighted by Crippen LogP contribution is -2.31. The number of hydrogen-bond donors (Lipinski definition) is 1. The number of Topliss-reactive ketones (excluding diaryl/α,β-unsaturated/α-hetero) is 2. The van der Waals surface area contributed by atoms with Gasteiger partial charge in [0.2, 0.25) is 11.6 Å². The number of fused-ring (bicyclic) bond motifs is 5. The largest absolute Gasteiger partial charge is 0.463 e. The lowest BCUT2D eigenvalue weighted by atomic mass is 9.74. The van der Waals surface area contributed by atoms with Gasteiger partial charge in [-0.3, -0.25) is 9.59 Å². The maximum atomic E-state index is 12.6. The van der Waals surface area contributed by atoms with Crippen LogP contribution >= 0.6 is 0 Å². The minimum atomic E-state index is -0.953. The summed E-state index contributed by atoms with van der Waals surface area (Å²) in [5, 5.41) is 10.6. The van der Waals surface area contributed by atoms with Crippen LogP contribution in [-0.2, 0) is 12.0 Å². The van der Waals surface area contributed by atoms with E-state index in [1.807, 2.05) is 6.07 Å². The second-order valence-corrected chi connectivity index (χ2v) is 6.42. The second kappa shape index (κ2) is 4.17. The Bertz CT molecular complexity index is 839. The number of benzene rings is 1. The molecule has 4 rings (SSSR count). The lowest BCUT2D eigenvalue weighted by molar-refractivity contribution is 0.0385. The molecule has 0 unspecified atom stereocenters. The number of hydrogen-bond acceptors (Lipinski definition) is 4. The molecule has 4 nitrogen and oxygen atoms in total. The van der Waals surface area contributed by atoms with Crippen LogP contribution in [-0.4, -0.2) is 16.7 Å². The molecule has 0 amide bonds. The average molecular weight is 296 g/mol. The molecule has 0 saturated heterocycles. The van der Waals surface area contributed by atoms with Crippen molar-refractivity contribution in [3.63, 3.8) is 0 Å². The average Bonchev–Trinajstić information content (AvgIpc) is 2.86. The summed E-state index contributed by atoms with van der Waals surface area (Å²) in [7, 11) is 0. The van der Waals surface area contributed by atoms with Gasteiger partial charge >= 0.3 is 0 Å². The predicted octanol–water partition coefficient (Wildman–Crippen LogP) is 3.18. The molecule has 1 atom stereocenters. The Morgan fingerprint density at radius 2 is 1.91 bits per heavy atom. The highest BCUT2D eigenvalue weighted by atomic mass is 16.3. The number of carbonyl (C=O) groups excluding carboxylic acids is 2. The van der Waals surface area contributed by atoms with E-state index in [-0.39, 0.29) is 0 Å². The fourth-order valence-corrected chi connectivity index (χ4v) is 3.76. The van der Waals surface area contributed by atoms with E-state index in [0.717, 1.165) is 17.5 Å². The molecule has 1 N–H and O–H groups in total. The van der Waals surface area contributed by atoms with E-state index < -0.39 is 17.2 Å². The zero-order valence-electron chi connectivity index (χ0n) is 12.5. The SMILES string of the molecule is Cc1coc2c1C(=O)C(=O)c1c-2ccc2c1CCC[C@]2(C)O. The van der Waals surface area contributed by atoms with Gasteiger partial charge in [-0.25, -0.2) is 0 Å². The number of furan rings is 1. The van der Waals surface area contributed by atoms with Gasteiger partial charge in [0.05, 0.1) is 17.4 Å². The maximum Gasteiger partial charge on any atom is 0.237 e. The highest BCUT2D eigenvalue weighted by Gasteiger charge is 2.40. The first kappa shape index (κ1) is 13.5. The van der Waals surface area contributed by atoms with Crippen LogP contribution in [0.3, 0.4) is 0 Å². The molecule has 1 heterocycles. The highest BCUT2D eigenvalue weighted by Crippen LogP contribution is 2.43.